The van der Waals surface area contributed by atoms with E-state index in [-0.39, 0.29) is 24.1 Å². The van der Waals surface area contributed by atoms with Crippen LogP contribution in [0, 0.1) is 6.92 Å². The molecule has 2 atom stereocenters. The van der Waals surface area contributed by atoms with Gasteiger partial charge in [-0.3, -0.25) is 9.59 Å². The first-order chi connectivity index (χ1) is 18.9. The number of phenols is 1. The van der Waals surface area contributed by atoms with Crippen LogP contribution < -0.4 is 10.6 Å². The average molecular weight is 552 g/mol. The van der Waals surface area contributed by atoms with Crippen LogP contribution in [0.15, 0.2) is 48.5 Å². The van der Waals surface area contributed by atoms with Crippen molar-refractivity contribution in [2.75, 3.05) is 0 Å². The molecule has 8 nitrogen and oxygen atoms in total. The molecular formula is C32H45N3O5. The third kappa shape index (κ3) is 8.47. The summed E-state index contributed by atoms with van der Waals surface area (Å²) in [4.78, 5) is 42.7. The molecule has 1 saturated carbocycles. The zero-order valence-corrected chi connectivity index (χ0v) is 24.7. The molecule has 0 bridgehead atoms. The molecule has 8 heteroatoms. The van der Waals surface area contributed by atoms with E-state index in [9.17, 15) is 19.5 Å². The number of nitrogens with one attached hydrogen (secondary N) is 2. The highest BCUT2D eigenvalue weighted by molar-refractivity contribution is 5.93. The number of benzene rings is 2. The average Bonchev–Trinajstić information content (AvgIpc) is 2.88. The van der Waals surface area contributed by atoms with Crippen molar-refractivity contribution in [3.63, 3.8) is 0 Å². The third-order valence-corrected chi connectivity index (χ3v) is 7.12. The lowest BCUT2D eigenvalue weighted by atomic mass is 9.93. The lowest BCUT2D eigenvalue weighted by Gasteiger charge is -2.38. The third-order valence-electron chi connectivity index (χ3n) is 7.12. The van der Waals surface area contributed by atoms with E-state index in [0.29, 0.717) is 11.1 Å². The fourth-order valence-electron chi connectivity index (χ4n) is 5.21. The second-order valence-corrected chi connectivity index (χ2v) is 12.0. The monoisotopic (exact) mass is 551 g/mol. The summed E-state index contributed by atoms with van der Waals surface area (Å²) in [6.07, 6.45) is 4.47. The summed E-state index contributed by atoms with van der Waals surface area (Å²) in [6, 6.07) is 12.1. The van der Waals surface area contributed by atoms with Crippen LogP contribution in [-0.2, 0) is 20.7 Å². The Morgan fingerprint density at radius 2 is 1.65 bits per heavy atom. The van der Waals surface area contributed by atoms with E-state index in [0.717, 1.165) is 37.7 Å². The van der Waals surface area contributed by atoms with E-state index >= 15 is 0 Å². The van der Waals surface area contributed by atoms with Gasteiger partial charge in [0.15, 0.2) is 0 Å². The molecule has 2 unspecified atom stereocenters. The standard InChI is InChI=1S/C32H45N3O5/c1-21(2)35(30(38)26(20-23-15-9-7-10-16-23)34-31(39)40-32(4,5)6)27(25-19-13-14-22(3)28(25)36)29(37)33-24-17-11-8-12-18-24/h7,9-10,13-16,19,21,24,26-27,36H,8,11-12,17-18,20H2,1-6H3,(H,33,37)(H,34,39). The lowest BCUT2D eigenvalue weighted by molar-refractivity contribution is -0.145. The quantitative estimate of drug-likeness (QED) is 0.378. The Hall–Kier alpha value is -3.55. The SMILES string of the molecule is Cc1cccc(C(C(=O)NC2CCCCC2)N(C(=O)C(Cc2ccccc2)NC(=O)OC(C)(C)C)C(C)C)c1O. The molecule has 3 N–H and O–H groups in total. The van der Waals surface area contributed by atoms with Crippen molar-refractivity contribution in [1.82, 2.24) is 15.5 Å². The lowest BCUT2D eigenvalue weighted by Crippen LogP contribution is -2.56. The molecule has 2 aromatic carbocycles. The van der Waals surface area contributed by atoms with Crippen molar-refractivity contribution in [2.24, 2.45) is 0 Å². The van der Waals surface area contributed by atoms with Gasteiger partial charge >= 0.3 is 6.09 Å². The number of carbonyl (C=O) groups is 3. The minimum atomic E-state index is -1.09. The summed E-state index contributed by atoms with van der Waals surface area (Å²) < 4.78 is 5.48. The number of aryl methyl sites for hydroxylation is 1. The van der Waals surface area contributed by atoms with Crippen molar-refractivity contribution in [2.45, 2.75) is 110 Å². The highest BCUT2D eigenvalue weighted by Crippen LogP contribution is 2.34. The molecule has 1 fully saturated rings. The van der Waals surface area contributed by atoms with Crippen molar-refractivity contribution in [3.8, 4) is 5.75 Å². The molecule has 3 rings (SSSR count). The molecule has 218 valence electrons. The fourth-order valence-corrected chi connectivity index (χ4v) is 5.21. The van der Waals surface area contributed by atoms with Gasteiger partial charge in [-0.2, -0.15) is 0 Å². The van der Waals surface area contributed by atoms with E-state index in [4.69, 9.17) is 4.74 Å². The highest BCUT2D eigenvalue weighted by atomic mass is 16.6. The van der Waals surface area contributed by atoms with Gasteiger partial charge in [0.05, 0.1) is 0 Å². The first kappa shape index (κ1) is 31.0. The normalized spacial score (nSPS) is 15.7. The first-order valence-corrected chi connectivity index (χ1v) is 14.3. The molecule has 0 aromatic heterocycles. The van der Waals surface area contributed by atoms with Crippen molar-refractivity contribution in [1.29, 1.82) is 0 Å². The second-order valence-electron chi connectivity index (χ2n) is 12.0. The number of rotatable bonds is 9. The molecule has 0 heterocycles. The van der Waals surface area contributed by atoms with Gasteiger partial charge in [0.25, 0.3) is 0 Å². The van der Waals surface area contributed by atoms with Crippen molar-refractivity contribution < 1.29 is 24.2 Å². The number of amides is 3. The molecule has 1 aliphatic carbocycles. The summed E-state index contributed by atoms with van der Waals surface area (Å²) >= 11 is 0. The van der Waals surface area contributed by atoms with E-state index in [1.165, 1.54) is 4.90 Å². The number of ether oxygens (including phenoxy) is 1. The van der Waals surface area contributed by atoms with Gasteiger partial charge in [-0.1, -0.05) is 67.8 Å². The van der Waals surface area contributed by atoms with Crippen LogP contribution in [0.4, 0.5) is 4.79 Å². The smallest absolute Gasteiger partial charge is 0.408 e. The van der Waals surface area contributed by atoms with Crippen LogP contribution in [-0.4, -0.2) is 51.6 Å². The predicted molar refractivity (Wildman–Crippen MR) is 156 cm³/mol. The molecule has 0 saturated heterocycles. The maximum atomic E-state index is 14.4. The number of aromatic hydroxyl groups is 1. The zero-order valence-electron chi connectivity index (χ0n) is 24.7. The fraction of sp³-hybridized carbons (Fsp3) is 0.531. The van der Waals surface area contributed by atoms with Crippen molar-refractivity contribution in [3.05, 3.63) is 65.2 Å². The molecule has 3 amide bonds. The van der Waals surface area contributed by atoms with Crippen LogP contribution >= 0.6 is 0 Å². The molecule has 0 spiro atoms. The van der Waals surface area contributed by atoms with E-state index in [2.05, 4.69) is 10.6 Å². The summed E-state index contributed by atoms with van der Waals surface area (Å²) in [5.74, 6) is -0.801. The van der Waals surface area contributed by atoms with Crippen LogP contribution in [0.1, 0.15) is 89.5 Å². The Kier molecular flexibility index (Phi) is 10.6. The summed E-state index contributed by atoms with van der Waals surface area (Å²) in [7, 11) is 0. The number of alkyl carbamates (subject to hydrolysis) is 1. The van der Waals surface area contributed by atoms with Gasteiger partial charge < -0.3 is 25.4 Å². The Labute approximate surface area is 238 Å². The maximum absolute atomic E-state index is 14.4. The molecule has 40 heavy (non-hydrogen) atoms. The summed E-state index contributed by atoms with van der Waals surface area (Å²) in [6.45, 7) is 10.7. The van der Waals surface area contributed by atoms with Gasteiger partial charge in [-0.05, 0) is 65.5 Å². The molecule has 2 aromatic rings. The molecule has 1 aliphatic rings. The Balaban J connectivity index is 2.03. The molecule has 0 aliphatic heterocycles. The number of carbonyl (C=O) groups excluding carboxylic acids is 3. The first-order valence-electron chi connectivity index (χ1n) is 14.3. The molecule has 0 radical (unpaired) electrons. The predicted octanol–water partition coefficient (Wildman–Crippen LogP) is 5.56. The molecular weight excluding hydrogens is 506 g/mol. The largest absolute Gasteiger partial charge is 0.507 e. The van der Waals surface area contributed by atoms with Gasteiger partial charge in [-0.15, -0.1) is 0 Å². The number of nitrogens with zero attached hydrogens (tertiary/aromatic N) is 1. The maximum Gasteiger partial charge on any atom is 0.408 e. The minimum absolute atomic E-state index is 0.0137. The van der Waals surface area contributed by atoms with Crippen molar-refractivity contribution >= 4 is 17.9 Å². The summed E-state index contributed by atoms with van der Waals surface area (Å²) in [5.41, 5.74) is 1.06. The Morgan fingerprint density at radius 3 is 2.25 bits per heavy atom. The second kappa shape index (κ2) is 13.7. The Morgan fingerprint density at radius 1 is 1.00 bits per heavy atom. The Bertz CT molecular complexity index is 1150. The zero-order chi connectivity index (χ0) is 29.4. The topological polar surface area (TPSA) is 108 Å². The van der Waals surface area contributed by atoms with Crippen LogP contribution in [0.5, 0.6) is 5.75 Å². The van der Waals surface area contributed by atoms with Gasteiger partial charge in [0, 0.05) is 24.1 Å². The van der Waals surface area contributed by atoms with E-state index < -0.39 is 35.7 Å². The van der Waals surface area contributed by atoms with E-state index in [1.807, 2.05) is 44.2 Å². The minimum Gasteiger partial charge on any atom is -0.507 e. The van der Waals surface area contributed by atoms with Crippen LogP contribution in [0.25, 0.3) is 0 Å². The number of hydrogen-bond donors (Lipinski definition) is 3. The number of hydrogen-bond acceptors (Lipinski definition) is 5. The van der Waals surface area contributed by atoms with Crippen LogP contribution in [0.3, 0.4) is 0 Å². The summed E-state index contributed by atoms with van der Waals surface area (Å²) in [5, 5.41) is 17.0. The van der Waals surface area contributed by atoms with Crippen LogP contribution in [0.2, 0.25) is 0 Å². The van der Waals surface area contributed by atoms with E-state index in [1.54, 1.807) is 45.9 Å². The van der Waals surface area contributed by atoms with Gasteiger partial charge in [0.2, 0.25) is 11.8 Å². The van der Waals surface area contributed by atoms with Gasteiger partial charge in [-0.25, -0.2) is 4.79 Å². The van der Waals surface area contributed by atoms with Gasteiger partial charge in [0.1, 0.15) is 23.4 Å². The number of para-hydroxylation sites is 1. The highest BCUT2D eigenvalue weighted by Gasteiger charge is 2.39. The number of phenolic OH excluding ortho intramolecular Hbond substituents is 1.